The molecule has 4 aromatic rings. The van der Waals surface area contributed by atoms with Crippen molar-refractivity contribution in [2.24, 2.45) is 4.99 Å². The Balaban J connectivity index is 1.18. The van der Waals surface area contributed by atoms with Gasteiger partial charge in [-0.15, -0.1) is 0 Å². The van der Waals surface area contributed by atoms with Crippen LogP contribution in [0.1, 0.15) is 40.4 Å². The van der Waals surface area contributed by atoms with E-state index in [1.54, 1.807) is 37.5 Å². The molecular weight excluding hydrogens is 555 g/mol. The fraction of sp³-hybridized carbons (Fsp3) is 0.182. The molecule has 214 valence electrons. The van der Waals surface area contributed by atoms with E-state index in [9.17, 15) is 22.8 Å². The number of benzene rings is 2. The molecule has 0 fully saturated rings. The minimum absolute atomic E-state index is 0.00607. The quantitative estimate of drug-likeness (QED) is 0.357. The Kier molecular flexibility index (Phi) is 6.05. The van der Waals surface area contributed by atoms with E-state index in [1.807, 2.05) is 18.2 Å². The highest BCUT2D eigenvalue weighted by molar-refractivity contribution is 6.46. The van der Waals surface area contributed by atoms with Crippen LogP contribution in [0.3, 0.4) is 0 Å². The molecule has 2 aliphatic heterocycles. The van der Waals surface area contributed by atoms with Crippen molar-refractivity contribution in [1.82, 2.24) is 14.9 Å². The molecule has 7 rings (SSSR count). The molecule has 0 bridgehead atoms. The molecule has 2 aromatic carbocycles. The molecule has 2 amide bonds. The van der Waals surface area contributed by atoms with Crippen LogP contribution in [0, 0.1) is 17.5 Å². The van der Waals surface area contributed by atoms with E-state index in [-0.39, 0.29) is 29.3 Å². The van der Waals surface area contributed by atoms with E-state index >= 15 is 0 Å². The molecule has 7 nitrogen and oxygen atoms in total. The number of fused-ring (bicyclic) bond motifs is 3. The number of carbonyl (C=O) groups excluding carboxylic acids is 2. The second-order valence-corrected chi connectivity index (χ2v) is 11.1. The van der Waals surface area contributed by atoms with Crippen molar-refractivity contribution in [2.75, 3.05) is 11.9 Å². The van der Waals surface area contributed by atoms with Gasteiger partial charge in [-0.05, 0) is 60.9 Å². The SMILES string of the molecule is C[C@@]1(c2cc(F)cc(F)c2)N=C(c2ccccc2F)C(=O)N1CC=Cc1cnc2c(c1)CC1(C2)C(=O)Nc2ncccc21. The van der Waals surface area contributed by atoms with Gasteiger partial charge in [0.25, 0.3) is 5.91 Å². The van der Waals surface area contributed by atoms with Crippen molar-refractivity contribution in [3.63, 3.8) is 0 Å². The minimum Gasteiger partial charge on any atom is -0.310 e. The standard InChI is InChI=1S/C33H24F3N5O2/c1-32(21-13-22(34)15-23(35)14-21)40-28(24-7-2-3-9-26(24)36)30(42)41(32)11-5-6-19-12-20-16-33(17-27(20)38-18-19)25-8-4-10-37-29(25)39-31(33)43/h2-10,12-15,18H,11,16-17H2,1H3,(H,37,39,43)/t32-,33?/m1/s1. The van der Waals surface area contributed by atoms with Crippen LogP contribution >= 0.6 is 0 Å². The third kappa shape index (κ3) is 4.24. The molecule has 4 heterocycles. The summed E-state index contributed by atoms with van der Waals surface area (Å²) in [5.74, 6) is -2.35. The van der Waals surface area contributed by atoms with Crippen molar-refractivity contribution in [3.8, 4) is 0 Å². The first kappa shape index (κ1) is 26.8. The lowest BCUT2D eigenvalue weighted by Crippen LogP contribution is -2.43. The number of aromatic nitrogens is 2. The number of amides is 2. The third-order valence-corrected chi connectivity index (χ3v) is 8.47. The molecule has 0 saturated carbocycles. The number of hydrogen-bond donors (Lipinski definition) is 1. The Hall–Kier alpha value is -5.12. The third-order valence-electron chi connectivity index (χ3n) is 8.47. The van der Waals surface area contributed by atoms with Gasteiger partial charge in [0.2, 0.25) is 5.91 Å². The highest BCUT2D eigenvalue weighted by Crippen LogP contribution is 2.46. The number of carbonyl (C=O) groups is 2. The number of aliphatic imine (C=N–C) groups is 1. The molecular formula is C33H24F3N5O2. The van der Waals surface area contributed by atoms with E-state index < -0.39 is 34.4 Å². The first-order valence-corrected chi connectivity index (χ1v) is 13.7. The van der Waals surface area contributed by atoms with E-state index in [0.717, 1.165) is 40.6 Å². The lowest BCUT2D eigenvalue weighted by Gasteiger charge is -2.32. The van der Waals surface area contributed by atoms with E-state index in [0.29, 0.717) is 18.7 Å². The summed E-state index contributed by atoms with van der Waals surface area (Å²) in [7, 11) is 0. The van der Waals surface area contributed by atoms with Crippen LogP contribution in [-0.2, 0) is 33.5 Å². The lowest BCUT2D eigenvalue weighted by atomic mass is 9.80. The number of nitrogens with zero attached hydrogens (tertiary/aromatic N) is 4. The van der Waals surface area contributed by atoms with Crippen molar-refractivity contribution in [1.29, 1.82) is 0 Å². The Morgan fingerprint density at radius 2 is 1.77 bits per heavy atom. The van der Waals surface area contributed by atoms with Gasteiger partial charge in [-0.3, -0.25) is 14.6 Å². The smallest absolute Gasteiger partial charge is 0.275 e. The summed E-state index contributed by atoms with van der Waals surface area (Å²) in [6.07, 6.45) is 7.80. The number of halogens is 3. The predicted molar refractivity (Wildman–Crippen MR) is 154 cm³/mol. The van der Waals surface area contributed by atoms with Crippen molar-refractivity contribution < 1.29 is 22.8 Å². The monoisotopic (exact) mass is 579 g/mol. The molecule has 1 spiro atoms. The number of anilines is 1. The summed E-state index contributed by atoms with van der Waals surface area (Å²) in [5.41, 5.74) is 1.14. The maximum atomic E-state index is 14.7. The molecule has 2 aromatic heterocycles. The van der Waals surface area contributed by atoms with E-state index in [2.05, 4.69) is 20.3 Å². The van der Waals surface area contributed by atoms with Crippen LogP contribution in [-0.4, -0.2) is 38.9 Å². The van der Waals surface area contributed by atoms with Gasteiger partial charge in [-0.2, -0.15) is 0 Å². The predicted octanol–water partition coefficient (Wildman–Crippen LogP) is 5.10. The Labute approximate surface area is 244 Å². The average molecular weight is 580 g/mol. The van der Waals surface area contributed by atoms with Crippen molar-refractivity contribution in [2.45, 2.75) is 30.8 Å². The first-order valence-electron chi connectivity index (χ1n) is 13.7. The zero-order valence-electron chi connectivity index (χ0n) is 22.9. The van der Waals surface area contributed by atoms with Crippen LogP contribution in [0.5, 0.6) is 0 Å². The van der Waals surface area contributed by atoms with Gasteiger partial charge >= 0.3 is 0 Å². The number of hydrogen-bond acceptors (Lipinski definition) is 5. The normalized spacial score (nSPS) is 22.3. The first-order chi connectivity index (χ1) is 20.7. The Bertz CT molecular complexity index is 1890. The zero-order valence-corrected chi connectivity index (χ0v) is 22.9. The fourth-order valence-corrected chi connectivity index (χ4v) is 6.31. The second-order valence-electron chi connectivity index (χ2n) is 11.1. The molecule has 0 radical (unpaired) electrons. The lowest BCUT2D eigenvalue weighted by molar-refractivity contribution is -0.126. The van der Waals surface area contributed by atoms with Crippen LogP contribution in [0.15, 0.2) is 84.1 Å². The Morgan fingerprint density at radius 1 is 0.977 bits per heavy atom. The van der Waals surface area contributed by atoms with Gasteiger partial charge in [0.05, 0.1) is 5.41 Å². The number of nitrogens with one attached hydrogen (secondary N) is 1. The maximum absolute atomic E-state index is 14.7. The molecule has 2 atom stereocenters. The molecule has 43 heavy (non-hydrogen) atoms. The van der Waals surface area contributed by atoms with Gasteiger partial charge in [-0.1, -0.05) is 30.4 Å². The minimum atomic E-state index is -1.50. The summed E-state index contributed by atoms with van der Waals surface area (Å²) < 4.78 is 43.2. The van der Waals surface area contributed by atoms with Gasteiger partial charge in [0.1, 0.15) is 29.0 Å². The van der Waals surface area contributed by atoms with Gasteiger partial charge in [0.15, 0.2) is 5.66 Å². The largest absolute Gasteiger partial charge is 0.310 e. The van der Waals surface area contributed by atoms with Gasteiger partial charge in [-0.25, -0.2) is 23.1 Å². The highest BCUT2D eigenvalue weighted by atomic mass is 19.1. The molecule has 0 saturated heterocycles. The molecule has 10 heteroatoms. The summed E-state index contributed by atoms with van der Waals surface area (Å²) >= 11 is 0. The maximum Gasteiger partial charge on any atom is 0.275 e. The molecule has 3 aliphatic rings. The highest BCUT2D eigenvalue weighted by Gasteiger charge is 2.51. The van der Waals surface area contributed by atoms with Crippen LogP contribution in [0.2, 0.25) is 0 Å². The Morgan fingerprint density at radius 3 is 2.56 bits per heavy atom. The van der Waals surface area contributed by atoms with Gasteiger partial charge < -0.3 is 10.2 Å². The molecule has 1 aliphatic carbocycles. The van der Waals surface area contributed by atoms with Crippen molar-refractivity contribution >= 4 is 29.4 Å². The van der Waals surface area contributed by atoms with Crippen LogP contribution < -0.4 is 5.32 Å². The molecule has 1 unspecified atom stereocenters. The summed E-state index contributed by atoms with van der Waals surface area (Å²) in [5, 5.41) is 2.89. The number of rotatable bonds is 5. The number of pyridine rings is 2. The molecule has 1 N–H and O–H groups in total. The fourth-order valence-electron chi connectivity index (χ4n) is 6.31. The zero-order chi connectivity index (χ0) is 29.9. The average Bonchev–Trinajstić information content (AvgIpc) is 3.58. The van der Waals surface area contributed by atoms with Crippen LogP contribution in [0.25, 0.3) is 6.08 Å². The van der Waals surface area contributed by atoms with Crippen LogP contribution in [0.4, 0.5) is 19.0 Å². The second kappa shape index (κ2) is 9.72. The van der Waals surface area contributed by atoms with Crippen molar-refractivity contribution in [3.05, 3.63) is 130 Å². The topological polar surface area (TPSA) is 87.5 Å². The van der Waals surface area contributed by atoms with E-state index in [4.69, 9.17) is 0 Å². The summed E-state index contributed by atoms with van der Waals surface area (Å²) in [6, 6.07) is 14.4. The summed E-state index contributed by atoms with van der Waals surface area (Å²) in [4.78, 5) is 41.5. The van der Waals surface area contributed by atoms with Gasteiger partial charge in [0, 0.05) is 53.8 Å². The van der Waals surface area contributed by atoms with E-state index in [1.165, 1.54) is 23.1 Å². The summed E-state index contributed by atoms with van der Waals surface area (Å²) in [6.45, 7) is 1.58.